The summed E-state index contributed by atoms with van der Waals surface area (Å²) in [5.41, 5.74) is 4.67. The molecule has 0 bridgehead atoms. The van der Waals surface area contributed by atoms with Gasteiger partial charge >= 0.3 is 0 Å². The predicted molar refractivity (Wildman–Crippen MR) is 111 cm³/mol. The third-order valence-corrected chi connectivity index (χ3v) is 5.15. The number of amides is 1. The minimum atomic E-state index is -0.707. The summed E-state index contributed by atoms with van der Waals surface area (Å²) >= 11 is 1.22. The molecule has 2 N–H and O–H groups in total. The Morgan fingerprint density at radius 3 is 2.72 bits per heavy atom. The Morgan fingerprint density at radius 1 is 1.28 bits per heavy atom. The van der Waals surface area contributed by atoms with Crippen LogP contribution in [0, 0.1) is 24.5 Å². The van der Waals surface area contributed by atoms with Crippen LogP contribution < -0.4 is 10.8 Å². The molecule has 1 saturated carbocycles. The molecule has 1 aliphatic rings. The summed E-state index contributed by atoms with van der Waals surface area (Å²) in [5, 5.41) is 2.71. The van der Waals surface area contributed by atoms with Gasteiger partial charge in [0.25, 0.3) is 5.91 Å². The highest BCUT2D eigenvalue weighted by Crippen LogP contribution is 2.33. The number of anilines is 2. The number of aromatic nitrogens is 1. The van der Waals surface area contributed by atoms with E-state index in [0.29, 0.717) is 17.2 Å². The number of fused-ring (bicyclic) bond motifs is 1. The van der Waals surface area contributed by atoms with Crippen molar-refractivity contribution in [1.29, 1.82) is 0 Å². The molecule has 1 amide bonds. The number of hydrogen-bond donors (Lipinski definition) is 2. The van der Waals surface area contributed by atoms with Crippen LogP contribution >= 0.6 is 11.3 Å². The Bertz CT molecular complexity index is 1020. The Hall–Kier alpha value is -2.58. The van der Waals surface area contributed by atoms with Crippen molar-refractivity contribution in [3.8, 4) is 0 Å². The maximum atomic E-state index is 15.0. The van der Waals surface area contributed by atoms with Gasteiger partial charge in [0.2, 0.25) is 0 Å². The SMILES string of the molecule is CC.Cc1ccc(Nc2c(C(=O)NOCC3CC3)cc3scnc3c2F)c(F)c1. The zero-order chi connectivity index (χ0) is 21.0. The largest absolute Gasteiger partial charge is 0.350 e. The van der Waals surface area contributed by atoms with Crippen molar-refractivity contribution in [2.45, 2.75) is 33.6 Å². The first kappa shape index (κ1) is 21.1. The van der Waals surface area contributed by atoms with Gasteiger partial charge in [-0.2, -0.15) is 0 Å². The summed E-state index contributed by atoms with van der Waals surface area (Å²) in [4.78, 5) is 21.8. The zero-order valence-corrected chi connectivity index (χ0v) is 17.3. The maximum absolute atomic E-state index is 15.0. The normalized spacial score (nSPS) is 13.0. The molecule has 0 spiro atoms. The van der Waals surface area contributed by atoms with Gasteiger partial charge in [0.05, 0.1) is 33.8 Å². The number of carbonyl (C=O) groups is 1. The molecule has 29 heavy (non-hydrogen) atoms. The predicted octanol–water partition coefficient (Wildman–Crippen LogP) is 5.72. The summed E-state index contributed by atoms with van der Waals surface area (Å²) in [7, 11) is 0. The van der Waals surface area contributed by atoms with E-state index in [1.807, 2.05) is 13.8 Å². The molecule has 0 unspecified atom stereocenters. The number of hydroxylamine groups is 1. The Labute approximate surface area is 172 Å². The number of rotatable bonds is 6. The molecular weight excluding hydrogens is 396 g/mol. The number of halogens is 2. The zero-order valence-electron chi connectivity index (χ0n) is 16.5. The highest BCUT2D eigenvalue weighted by molar-refractivity contribution is 7.16. The standard InChI is InChI=1S/C19H17F2N3O2S.C2H6/c1-10-2-5-14(13(20)6-10)23-17-12(19(25)24-26-8-11-3-4-11)7-15-18(16(17)21)22-9-27-15;1-2/h2,5-7,9,11,23H,3-4,8H2,1H3,(H,24,25);1-2H3. The van der Waals surface area contributed by atoms with Gasteiger partial charge in [-0.3, -0.25) is 9.63 Å². The minimum Gasteiger partial charge on any atom is -0.350 e. The number of carbonyl (C=O) groups excluding carboxylic acids is 1. The molecule has 2 aromatic carbocycles. The van der Waals surface area contributed by atoms with E-state index in [4.69, 9.17) is 4.84 Å². The summed E-state index contributed by atoms with van der Waals surface area (Å²) in [5.74, 6) is -1.38. The van der Waals surface area contributed by atoms with E-state index in [0.717, 1.165) is 18.4 Å². The number of hydrogen-bond acceptors (Lipinski definition) is 5. The number of aryl methyl sites for hydroxylation is 1. The lowest BCUT2D eigenvalue weighted by atomic mass is 10.1. The van der Waals surface area contributed by atoms with Gasteiger partial charge in [-0.05, 0) is 49.4 Å². The number of nitrogens with one attached hydrogen (secondary N) is 2. The van der Waals surface area contributed by atoms with Crippen molar-refractivity contribution < 1.29 is 18.4 Å². The fourth-order valence-corrected chi connectivity index (χ4v) is 3.40. The molecule has 1 aliphatic carbocycles. The highest BCUT2D eigenvalue weighted by atomic mass is 32.1. The van der Waals surface area contributed by atoms with Crippen LogP contribution in [0.2, 0.25) is 0 Å². The van der Waals surface area contributed by atoms with Crippen LogP contribution in [-0.2, 0) is 4.84 Å². The van der Waals surface area contributed by atoms with Crippen molar-refractivity contribution in [3.63, 3.8) is 0 Å². The van der Waals surface area contributed by atoms with Crippen LogP contribution in [0.4, 0.5) is 20.2 Å². The smallest absolute Gasteiger partial charge is 0.277 e. The average molecular weight is 419 g/mol. The fourth-order valence-electron chi connectivity index (χ4n) is 2.68. The molecule has 154 valence electrons. The van der Waals surface area contributed by atoms with Gasteiger partial charge < -0.3 is 5.32 Å². The second kappa shape index (κ2) is 9.28. The molecule has 1 heterocycles. The monoisotopic (exact) mass is 419 g/mol. The van der Waals surface area contributed by atoms with Gasteiger partial charge in [-0.25, -0.2) is 19.2 Å². The third-order valence-electron chi connectivity index (χ3n) is 4.38. The van der Waals surface area contributed by atoms with Crippen molar-refractivity contribution in [2.24, 2.45) is 5.92 Å². The molecule has 1 fully saturated rings. The molecule has 0 atom stereocenters. The molecule has 0 saturated heterocycles. The van der Waals surface area contributed by atoms with Crippen LogP contribution in [0.5, 0.6) is 0 Å². The molecular formula is C21H23F2N3O2S. The first-order valence-electron chi connectivity index (χ1n) is 9.54. The molecule has 0 radical (unpaired) electrons. The lowest BCUT2D eigenvalue weighted by molar-refractivity contribution is 0.0271. The topological polar surface area (TPSA) is 63.2 Å². The lowest BCUT2D eigenvalue weighted by Gasteiger charge is -2.14. The average Bonchev–Trinajstić information content (AvgIpc) is 3.41. The highest BCUT2D eigenvalue weighted by Gasteiger charge is 2.24. The molecule has 3 aromatic rings. The van der Waals surface area contributed by atoms with Gasteiger partial charge in [0.15, 0.2) is 5.82 Å². The molecule has 8 heteroatoms. The third kappa shape index (κ3) is 4.89. The lowest BCUT2D eigenvalue weighted by Crippen LogP contribution is -2.26. The number of nitrogens with zero attached hydrogens (tertiary/aromatic N) is 1. The van der Waals surface area contributed by atoms with E-state index in [-0.39, 0.29) is 22.5 Å². The van der Waals surface area contributed by atoms with Crippen molar-refractivity contribution >= 4 is 38.8 Å². The van der Waals surface area contributed by atoms with E-state index in [9.17, 15) is 9.18 Å². The molecule has 5 nitrogen and oxygen atoms in total. The number of thiazole rings is 1. The van der Waals surface area contributed by atoms with E-state index in [1.165, 1.54) is 35.0 Å². The van der Waals surface area contributed by atoms with Crippen molar-refractivity contribution in [3.05, 3.63) is 52.5 Å². The van der Waals surface area contributed by atoms with E-state index >= 15 is 4.39 Å². The first-order valence-corrected chi connectivity index (χ1v) is 10.4. The second-order valence-electron chi connectivity index (χ2n) is 6.61. The van der Waals surface area contributed by atoms with Crippen LogP contribution in [0.3, 0.4) is 0 Å². The summed E-state index contributed by atoms with van der Waals surface area (Å²) in [6, 6.07) is 6.06. The van der Waals surface area contributed by atoms with Crippen molar-refractivity contribution in [2.75, 3.05) is 11.9 Å². The van der Waals surface area contributed by atoms with Crippen LogP contribution in [-0.4, -0.2) is 17.5 Å². The fraction of sp³-hybridized carbons (Fsp3) is 0.333. The Morgan fingerprint density at radius 2 is 2.03 bits per heavy atom. The molecule has 1 aromatic heterocycles. The van der Waals surface area contributed by atoms with Crippen LogP contribution in [0.25, 0.3) is 10.2 Å². The molecule has 4 rings (SSSR count). The Balaban J connectivity index is 0.00000117. The first-order chi connectivity index (χ1) is 14.0. The van der Waals surface area contributed by atoms with E-state index in [1.54, 1.807) is 13.0 Å². The summed E-state index contributed by atoms with van der Waals surface area (Å²) < 4.78 is 29.8. The Kier molecular flexibility index (Phi) is 6.76. The van der Waals surface area contributed by atoms with Crippen LogP contribution in [0.15, 0.2) is 29.8 Å². The van der Waals surface area contributed by atoms with Gasteiger partial charge in [-0.1, -0.05) is 19.9 Å². The van der Waals surface area contributed by atoms with Crippen LogP contribution in [0.1, 0.15) is 42.6 Å². The van der Waals surface area contributed by atoms with Crippen molar-refractivity contribution in [1.82, 2.24) is 10.5 Å². The number of benzene rings is 2. The van der Waals surface area contributed by atoms with Gasteiger partial charge in [-0.15, -0.1) is 11.3 Å². The van der Waals surface area contributed by atoms with E-state index in [2.05, 4.69) is 15.8 Å². The van der Waals surface area contributed by atoms with Gasteiger partial charge in [0.1, 0.15) is 11.3 Å². The maximum Gasteiger partial charge on any atom is 0.277 e. The van der Waals surface area contributed by atoms with Gasteiger partial charge in [0, 0.05) is 0 Å². The minimum absolute atomic E-state index is 0.0278. The van der Waals surface area contributed by atoms with E-state index < -0.39 is 17.5 Å². The second-order valence-corrected chi connectivity index (χ2v) is 7.49. The quantitative estimate of drug-likeness (QED) is 0.501. The molecule has 0 aliphatic heterocycles. The summed E-state index contributed by atoms with van der Waals surface area (Å²) in [6.45, 7) is 6.18. The summed E-state index contributed by atoms with van der Waals surface area (Å²) in [6.07, 6.45) is 2.16.